The van der Waals surface area contributed by atoms with Crippen LogP contribution in [0.3, 0.4) is 0 Å². The number of aromatic nitrogens is 2. The predicted octanol–water partition coefficient (Wildman–Crippen LogP) is 6.56. The van der Waals surface area contributed by atoms with Crippen LogP contribution in [-0.2, 0) is 0 Å². The van der Waals surface area contributed by atoms with Gasteiger partial charge in [-0.1, -0.05) is 48.0 Å². The molecule has 0 aliphatic heterocycles. The largest absolute Gasteiger partial charge is 0.488 e. The molecule has 0 unspecified atom stereocenters. The highest BCUT2D eigenvalue weighted by Gasteiger charge is 2.16. The summed E-state index contributed by atoms with van der Waals surface area (Å²) in [5, 5.41) is 6.67. The number of hydrogen-bond acceptors (Lipinski definition) is 5. The van der Waals surface area contributed by atoms with E-state index < -0.39 is 0 Å². The molecular formula is C26H17Cl2N3O3. The van der Waals surface area contributed by atoms with Crippen LogP contribution in [0.4, 0.5) is 0 Å². The maximum atomic E-state index is 13.3. The average molecular weight is 490 g/mol. The first-order valence-corrected chi connectivity index (χ1v) is 11.1. The first-order chi connectivity index (χ1) is 16.5. The Hall–Kier alpha value is -3.87. The Labute approximate surface area is 204 Å². The Balaban J connectivity index is 1.63. The molecule has 0 atom stereocenters. The third-order valence-electron chi connectivity index (χ3n) is 5.09. The SMILES string of the molecule is C=CCOc1ccc(C=Nn2c(-c3cc4cc(Cl)ccc4o3)nc3ccccc3c2=O)cc1Cl. The molecule has 0 spiro atoms. The summed E-state index contributed by atoms with van der Waals surface area (Å²) < 4.78 is 12.7. The number of benzene rings is 3. The molecule has 0 saturated carbocycles. The lowest BCUT2D eigenvalue weighted by molar-refractivity contribution is 0.363. The molecular weight excluding hydrogens is 473 g/mol. The van der Waals surface area contributed by atoms with E-state index >= 15 is 0 Å². The zero-order valence-electron chi connectivity index (χ0n) is 17.7. The second-order valence-corrected chi connectivity index (χ2v) is 8.24. The van der Waals surface area contributed by atoms with E-state index in [4.69, 9.17) is 32.4 Å². The van der Waals surface area contributed by atoms with Crippen molar-refractivity contribution in [2.24, 2.45) is 5.10 Å². The molecule has 3 aromatic carbocycles. The van der Waals surface area contributed by atoms with Gasteiger partial charge < -0.3 is 9.15 Å². The van der Waals surface area contributed by atoms with Crippen LogP contribution in [0, 0.1) is 0 Å². The van der Waals surface area contributed by atoms with Gasteiger partial charge in [-0.15, -0.1) is 0 Å². The van der Waals surface area contributed by atoms with E-state index in [-0.39, 0.29) is 11.4 Å². The van der Waals surface area contributed by atoms with Crippen molar-refractivity contribution in [2.45, 2.75) is 0 Å². The van der Waals surface area contributed by atoms with Crippen LogP contribution in [0.2, 0.25) is 10.0 Å². The summed E-state index contributed by atoms with van der Waals surface area (Å²) in [5.41, 5.74) is 1.52. The average Bonchev–Trinajstić information content (AvgIpc) is 3.26. The fourth-order valence-corrected chi connectivity index (χ4v) is 3.93. The van der Waals surface area contributed by atoms with Gasteiger partial charge in [0.25, 0.3) is 5.56 Å². The lowest BCUT2D eigenvalue weighted by atomic mass is 10.2. The zero-order chi connectivity index (χ0) is 23.7. The fourth-order valence-electron chi connectivity index (χ4n) is 3.50. The summed E-state index contributed by atoms with van der Waals surface area (Å²) in [6, 6.07) is 19.4. The summed E-state index contributed by atoms with van der Waals surface area (Å²) in [4.78, 5) is 18.0. The molecule has 6 nitrogen and oxygen atoms in total. The summed E-state index contributed by atoms with van der Waals surface area (Å²) in [6.07, 6.45) is 3.17. The second kappa shape index (κ2) is 9.17. The first-order valence-electron chi connectivity index (χ1n) is 10.3. The molecule has 0 amide bonds. The van der Waals surface area contributed by atoms with Gasteiger partial charge >= 0.3 is 0 Å². The Morgan fingerprint density at radius 1 is 1.09 bits per heavy atom. The number of rotatable bonds is 6. The summed E-state index contributed by atoms with van der Waals surface area (Å²) in [5.74, 6) is 1.19. The first kappa shape index (κ1) is 21.9. The Morgan fingerprint density at radius 2 is 1.94 bits per heavy atom. The van der Waals surface area contributed by atoms with Gasteiger partial charge in [0.2, 0.25) is 5.82 Å². The minimum absolute atomic E-state index is 0.268. The van der Waals surface area contributed by atoms with Gasteiger partial charge in [0.05, 0.1) is 22.1 Å². The van der Waals surface area contributed by atoms with Gasteiger partial charge in [-0.25, -0.2) is 4.98 Å². The maximum absolute atomic E-state index is 13.3. The number of halogens is 2. The van der Waals surface area contributed by atoms with Crippen molar-refractivity contribution in [1.29, 1.82) is 0 Å². The molecule has 168 valence electrons. The molecule has 0 saturated heterocycles. The minimum Gasteiger partial charge on any atom is -0.488 e. The van der Waals surface area contributed by atoms with Gasteiger partial charge in [0.15, 0.2) is 5.76 Å². The van der Waals surface area contributed by atoms with Crippen LogP contribution in [0.5, 0.6) is 5.75 Å². The van der Waals surface area contributed by atoms with E-state index in [1.54, 1.807) is 66.7 Å². The predicted molar refractivity (Wildman–Crippen MR) is 136 cm³/mol. The molecule has 0 N–H and O–H groups in total. The van der Waals surface area contributed by atoms with Crippen molar-refractivity contribution in [2.75, 3.05) is 6.61 Å². The molecule has 0 bridgehead atoms. The van der Waals surface area contributed by atoms with Crippen molar-refractivity contribution >= 4 is 51.3 Å². The van der Waals surface area contributed by atoms with Gasteiger partial charge in [0.1, 0.15) is 17.9 Å². The topological polar surface area (TPSA) is 69.6 Å². The minimum atomic E-state index is -0.327. The number of ether oxygens (including phenoxy) is 1. The quantitative estimate of drug-likeness (QED) is 0.200. The molecule has 0 aliphatic rings. The highest BCUT2D eigenvalue weighted by Crippen LogP contribution is 2.29. The number of hydrogen-bond donors (Lipinski definition) is 0. The maximum Gasteiger partial charge on any atom is 0.282 e. The third kappa shape index (κ3) is 4.21. The van der Waals surface area contributed by atoms with Gasteiger partial charge in [-0.3, -0.25) is 4.79 Å². The fraction of sp³-hybridized carbons (Fsp3) is 0.0385. The van der Waals surface area contributed by atoms with E-state index in [0.29, 0.717) is 50.2 Å². The molecule has 5 rings (SSSR count). The Bertz CT molecular complexity index is 1640. The Kier molecular flexibility index (Phi) is 5.92. The molecule has 2 aromatic heterocycles. The Morgan fingerprint density at radius 3 is 2.76 bits per heavy atom. The molecule has 5 aromatic rings. The van der Waals surface area contributed by atoms with Crippen LogP contribution in [0.15, 0.2) is 93.7 Å². The van der Waals surface area contributed by atoms with E-state index in [2.05, 4.69) is 16.7 Å². The van der Waals surface area contributed by atoms with Crippen molar-refractivity contribution in [3.63, 3.8) is 0 Å². The smallest absolute Gasteiger partial charge is 0.282 e. The standard InChI is InChI=1S/C26H17Cl2N3O3/c1-2-11-33-23-9-7-16(12-20(23)28)15-29-31-25(30-21-6-4-3-5-19(21)26(31)32)24-14-17-13-18(27)8-10-22(17)34-24/h2-10,12-15H,1,11H2. The van der Waals surface area contributed by atoms with Crippen molar-refractivity contribution < 1.29 is 9.15 Å². The molecule has 0 radical (unpaired) electrons. The van der Waals surface area contributed by atoms with E-state index in [1.165, 1.54) is 10.9 Å². The lowest BCUT2D eigenvalue weighted by Gasteiger charge is -2.08. The third-order valence-corrected chi connectivity index (χ3v) is 5.62. The normalized spacial score (nSPS) is 11.5. The van der Waals surface area contributed by atoms with Gasteiger partial charge in [0, 0.05) is 10.4 Å². The zero-order valence-corrected chi connectivity index (χ0v) is 19.3. The van der Waals surface area contributed by atoms with Crippen molar-refractivity contribution in [1.82, 2.24) is 9.66 Å². The van der Waals surface area contributed by atoms with Crippen LogP contribution in [-0.4, -0.2) is 22.5 Å². The molecule has 2 heterocycles. The van der Waals surface area contributed by atoms with Crippen LogP contribution >= 0.6 is 23.2 Å². The summed E-state index contributed by atoms with van der Waals surface area (Å²) in [7, 11) is 0. The summed E-state index contributed by atoms with van der Waals surface area (Å²) in [6.45, 7) is 3.97. The lowest BCUT2D eigenvalue weighted by Crippen LogP contribution is -2.20. The van der Waals surface area contributed by atoms with Crippen LogP contribution < -0.4 is 10.3 Å². The highest BCUT2D eigenvalue weighted by atomic mass is 35.5. The van der Waals surface area contributed by atoms with Crippen LogP contribution in [0.1, 0.15) is 5.56 Å². The summed E-state index contributed by atoms with van der Waals surface area (Å²) >= 11 is 12.4. The van der Waals surface area contributed by atoms with Gasteiger partial charge in [-0.05, 0) is 60.2 Å². The molecule has 34 heavy (non-hydrogen) atoms. The number of nitrogens with zero attached hydrogens (tertiary/aromatic N) is 3. The number of fused-ring (bicyclic) bond motifs is 2. The van der Waals surface area contributed by atoms with Crippen LogP contribution in [0.25, 0.3) is 33.5 Å². The monoisotopic (exact) mass is 489 g/mol. The van der Waals surface area contributed by atoms with Gasteiger partial charge in [-0.2, -0.15) is 9.78 Å². The van der Waals surface area contributed by atoms with Crippen molar-refractivity contribution in [3.8, 4) is 17.3 Å². The highest BCUT2D eigenvalue weighted by molar-refractivity contribution is 6.32. The molecule has 0 fully saturated rings. The number of furan rings is 1. The van der Waals surface area contributed by atoms with E-state index in [9.17, 15) is 4.79 Å². The molecule has 0 aliphatic carbocycles. The van der Waals surface area contributed by atoms with E-state index in [1.807, 2.05) is 6.07 Å². The number of para-hydroxylation sites is 1. The van der Waals surface area contributed by atoms with E-state index in [0.717, 1.165) is 5.39 Å². The second-order valence-electron chi connectivity index (χ2n) is 7.40. The van der Waals surface area contributed by atoms with Crippen molar-refractivity contribution in [3.05, 3.63) is 105 Å². The molecule has 8 heteroatoms.